The molecule has 0 atom stereocenters. The Bertz CT molecular complexity index is 661. The maximum absolute atomic E-state index is 5.86. The fourth-order valence-corrected chi connectivity index (χ4v) is 3.76. The van der Waals surface area contributed by atoms with Gasteiger partial charge < -0.3 is 9.30 Å². The third-order valence-corrected chi connectivity index (χ3v) is 5.44. The fraction of sp³-hybridized carbons (Fsp3) is 0.647. The van der Waals surface area contributed by atoms with Gasteiger partial charge in [-0.15, -0.1) is 11.3 Å². The number of nitrogens with zero attached hydrogens (tertiary/aromatic N) is 4. The van der Waals surface area contributed by atoms with Gasteiger partial charge in [-0.3, -0.25) is 4.90 Å². The molecule has 5 nitrogen and oxygen atoms in total. The van der Waals surface area contributed by atoms with Crippen LogP contribution in [0.25, 0.3) is 0 Å². The van der Waals surface area contributed by atoms with Crippen LogP contribution in [0, 0.1) is 12.8 Å². The quantitative estimate of drug-likeness (QED) is 0.816. The first-order valence-electron chi connectivity index (χ1n) is 8.52. The lowest BCUT2D eigenvalue weighted by Gasteiger charge is -2.19. The number of fused-ring (bicyclic) bond motifs is 1. The van der Waals surface area contributed by atoms with Gasteiger partial charge in [0, 0.05) is 38.2 Å². The topological polar surface area (TPSA) is 43.2 Å². The third kappa shape index (κ3) is 3.82. The minimum absolute atomic E-state index is 0.655. The Morgan fingerprint density at radius 1 is 1.35 bits per heavy atom. The number of imidazole rings is 1. The molecule has 0 bridgehead atoms. The summed E-state index contributed by atoms with van der Waals surface area (Å²) in [7, 11) is 0. The molecular weight excluding hydrogens is 308 g/mol. The van der Waals surface area contributed by atoms with Gasteiger partial charge in [-0.2, -0.15) is 0 Å². The molecule has 2 aromatic heterocycles. The second-order valence-electron chi connectivity index (χ2n) is 6.71. The molecule has 2 aliphatic rings. The number of rotatable bonds is 6. The molecular formula is C17H24N4OS. The zero-order valence-electron chi connectivity index (χ0n) is 13.7. The lowest BCUT2D eigenvalue weighted by Crippen LogP contribution is -2.23. The highest BCUT2D eigenvalue weighted by atomic mass is 32.1. The van der Waals surface area contributed by atoms with Crippen molar-refractivity contribution < 1.29 is 4.74 Å². The molecule has 4 rings (SSSR count). The zero-order chi connectivity index (χ0) is 15.6. The summed E-state index contributed by atoms with van der Waals surface area (Å²) < 4.78 is 8.17. The first kappa shape index (κ1) is 15.3. The predicted molar refractivity (Wildman–Crippen MR) is 90.2 cm³/mol. The molecule has 3 heterocycles. The number of aryl methyl sites for hydroxylation is 2. The Kier molecular flexibility index (Phi) is 4.46. The van der Waals surface area contributed by atoms with Crippen molar-refractivity contribution in [2.75, 3.05) is 13.2 Å². The van der Waals surface area contributed by atoms with Crippen molar-refractivity contribution >= 4 is 11.3 Å². The first-order chi connectivity index (χ1) is 11.3. The van der Waals surface area contributed by atoms with Gasteiger partial charge in [0.15, 0.2) is 0 Å². The van der Waals surface area contributed by atoms with Crippen molar-refractivity contribution in [2.24, 2.45) is 5.92 Å². The second-order valence-corrected chi connectivity index (χ2v) is 7.77. The highest BCUT2D eigenvalue weighted by Crippen LogP contribution is 2.29. The molecule has 0 radical (unpaired) electrons. The molecule has 2 aromatic rings. The number of aromatic nitrogens is 3. The summed E-state index contributed by atoms with van der Waals surface area (Å²) in [5.41, 5.74) is 3.63. The van der Waals surface area contributed by atoms with E-state index in [1.165, 1.54) is 24.2 Å². The standard InChI is InChI=1S/C17H24N4OS/c1-13-19-15(11-23-13)7-20-5-2-6-21-12-18-16(17(21)8-20)10-22-9-14-3-4-14/h11-12,14H,2-10H2,1H3. The summed E-state index contributed by atoms with van der Waals surface area (Å²) in [5, 5.41) is 3.33. The second kappa shape index (κ2) is 6.71. The van der Waals surface area contributed by atoms with E-state index in [0.29, 0.717) is 6.61 Å². The molecule has 0 unspecified atom stereocenters. The van der Waals surface area contributed by atoms with Crippen molar-refractivity contribution in [1.29, 1.82) is 0 Å². The van der Waals surface area contributed by atoms with Crippen LogP contribution >= 0.6 is 11.3 Å². The number of hydrogen-bond acceptors (Lipinski definition) is 5. The Labute approximate surface area is 141 Å². The maximum atomic E-state index is 5.86. The van der Waals surface area contributed by atoms with E-state index in [4.69, 9.17) is 4.74 Å². The normalized spacial score (nSPS) is 18.8. The lowest BCUT2D eigenvalue weighted by molar-refractivity contribution is 0.107. The molecule has 0 N–H and O–H groups in total. The molecule has 1 aliphatic carbocycles. The van der Waals surface area contributed by atoms with Gasteiger partial charge in [-0.1, -0.05) is 0 Å². The van der Waals surface area contributed by atoms with Crippen LogP contribution in [0.15, 0.2) is 11.7 Å². The van der Waals surface area contributed by atoms with Crippen molar-refractivity contribution in [2.45, 2.75) is 52.4 Å². The van der Waals surface area contributed by atoms with E-state index in [9.17, 15) is 0 Å². The molecule has 1 saturated carbocycles. The van der Waals surface area contributed by atoms with Gasteiger partial charge in [0.05, 0.1) is 35.0 Å². The van der Waals surface area contributed by atoms with Crippen LogP contribution in [0.4, 0.5) is 0 Å². The van der Waals surface area contributed by atoms with Crippen molar-refractivity contribution in [1.82, 2.24) is 19.4 Å². The smallest absolute Gasteiger partial charge is 0.0953 e. The molecule has 1 aliphatic heterocycles. The van der Waals surface area contributed by atoms with Crippen LogP contribution in [-0.2, 0) is 31.0 Å². The Balaban J connectivity index is 1.42. The van der Waals surface area contributed by atoms with E-state index in [2.05, 4.69) is 31.7 Å². The van der Waals surface area contributed by atoms with Crippen LogP contribution in [0.5, 0.6) is 0 Å². The summed E-state index contributed by atoms with van der Waals surface area (Å²) in [5.74, 6) is 0.806. The summed E-state index contributed by atoms with van der Waals surface area (Å²) in [6.45, 7) is 7.66. The van der Waals surface area contributed by atoms with Crippen molar-refractivity contribution in [3.05, 3.63) is 33.8 Å². The predicted octanol–water partition coefficient (Wildman–Crippen LogP) is 2.98. The largest absolute Gasteiger partial charge is 0.375 e. The fourth-order valence-electron chi connectivity index (χ4n) is 3.15. The number of thiazole rings is 1. The Hall–Kier alpha value is -1.24. The molecule has 23 heavy (non-hydrogen) atoms. The molecule has 0 aromatic carbocycles. The molecule has 124 valence electrons. The average Bonchev–Trinajstić information content (AvgIpc) is 3.21. The third-order valence-electron chi connectivity index (χ3n) is 4.62. The monoisotopic (exact) mass is 332 g/mol. The first-order valence-corrected chi connectivity index (χ1v) is 9.40. The van der Waals surface area contributed by atoms with Crippen LogP contribution in [-0.4, -0.2) is 32.6 Å². The van der Waals surface area contributed by atoms with Crippen LogP contribution in [0.3, 0.4) is 0 Å². The van der Waals surface area contributed by atoms with E-state index in [1.807, 2.05) is 6.33 Å². The summed E-state index contributed by atoms with van der Waals surface area (Å²) in [6, 6.07) is 0. The average molecular weight is 332 g/mol. The van der Waals surface area contributed by atoms with Gasteiger partial charge in [0.1, 0.15) is 0 Å². The molecule has 0 amide bonds. The minimum atomic E-state index is 0.655. The summed E-state index contributed by atoms with van der Waals surface area (Å²) in [4.78, 5) is 11.7. The van der Waals surface area contributed by atoms with Gasteiger partial charge in [0.25, 0.3) is 0 Å². The molecule has 6 heteroatoms. The van der Waals surface area contributed by atoms with E-state index >= 15 is 0 Å². The van der Waals surface area contributed by atoms with E-state index in [1.54, 1.807) is 11.3 Å². The van der Waals surface area contributed by atoms with Crippen LogP contribution in [0.2, 0.25) is 0 Å². The van der Waals surface area contributed by atoms with Crippen molar-refractivity contribution in [3.8, 4) is 0 Å². The summed E-state index contributed by atoms with van der Waals surface area (Å²) >= 11 is 1.73. The van der Waals surface area contributed by atoms with E-state index in [0.717, 1.165) is 55.8 Å². The maximum Gasteiger partial charge on any atom is 0.0953 e. The SMILES string of the molecule is Cc1nc(CN2CCCn3cnc(COCC4CC4)c3C2)cs1. The van der Waals surface area contributed by atoms with Gasteiger partial charge in [0.2, 0.25) is 0 Å². The highest BCUT2D eigenvalue weighted by molar-refractivity contribution is 7.09. The highest BCUT2D eigenvalue weighted by Gasteiger charge is 2.23. The molecule has 0 saturated heterocycles. The Morgan fingerprint density at radius 2 is 2.26 bits per heavy atom. The van der Waals surface area contributed by atoms with Gasteiger partial charge >= 0.3 is 0 Å². The van der Waals surface area contributed by atoms with Gasteiger partial charge in [-0.05, 0) is 32.1 Å². The van der Waals surface area contributed by atoms with Gasteiger partial charge in [-0.25, -0.2) is 9.97 Å². The molecule has 0 spiro atoms. The van der Waals surface area contributed by atoms with Crippen LogP contribution < -0.4 is 0 Å². The van der Waals surface area contributed by atoms with Crippen molar-refractivity contribution in [3.63, 3.8) is 0 Å². The van der Waals surface area contributed by atoms with E-state index in [-0.39, 0.29) is 0 Å². The molecule has 1 fully saturated rings. The van der Waals surface area contributed by atoms with E-state index < -0.39 is 0 Å². The lowest BCUT2D eigenvalue weighted by atomic mass is 10.3. The zero-order valence-corrected chi connectivity index (χ0v) is 14.5. The number of ether oxygens (including phenoxy) is 1. The Morgan fingerprint density at radius 3 is 3.04 bits per heavy atom. The minimum Gasteiger partial charge on any atom is -0.375 e. The van der Waals surface area contributed by atoms with Crippen LogP contribution in [0.1, 0.15) is 41.4 Å². The number of hydrogen-bond donors (Lipinski definition) is 0. The summed E-state index contributed by atoms with van der Waals surface area (Å²) in [6.07, 6.45) is 5.82.